The molecule has 2 atom stereocenters. The van der Waals surface area contributed by atoms with Crippen molar-refractivity contribution in [1.82, 2.24) is 4.90 Å². The molecule has 0 spiro atoms. The second-order valence-corrected chi connectivity index (χ2v) is 5.24. The average Bonchev–Trinajstić information content (AvgIpc) is 3.08. The van der Waals surface area contributed by atoms with Crippen molar-refractivity contribution in [3.8, 4) is 0 Å². The normalized spacial score (nSPS) is 31.8. The van der Waals surface area contributed by atoms with E-state index in [0.29, 0.717) is 24.8 Å². The minimum absolute atomic E-state index is 0.179. The van der Waals surface area contributed by atoms with Gasteiger partial charge in [-0.15, -0.1) is 0 Å². The number of carbonyl (C=O) groups is 1. The number of hydrogen-bond donors (Lipinski definition) is 2. The Hall–Kier alpha value is -1.26. The molecule has 17 heavy (non-hydrogen) atoms. The molecular formula is C12H21N3O2. The number of nitrogens with two attached hydrogens (primary N) is 1. The topological polar surface area (TPSA) is 78.9 Å². The van der Waals surface area contributed by atoms with Crippen molar-refractivity contribution in [2.24, 2.45) is 28.6 Å². The highest BCUT2D eigenvalue weighted by Crippen LogP contribution is 2.55. The van der Waals surface area contributed by atoms with Gasteiger partial charge in [0.25, 0.3) is 0 Å². The molecule has 0 aromatic carbocycles. The molecule has 5 nitrogen and oxygen atoms in total. The van der Waals surface area contributed by atoms with Crippen LogP contribution in [0.4, 0.5) is 0 Å². The van der Waals surface area contributed by atoms with E-state index in [2.05, 4.69) is 5.16 Å². The van der Waals surface area contributed by atoms with E-state index in [9.17, 15) is 4.79 Å². The molecule has 0 aromatic rings. The van der Waals surface area contributed by atoms with Gasteiger partial charge in [-0.3, -0.25) is 4.79 Å². The van der Waals surface area contributed by atoms with Crippen molar-refractivity contribution in [2.75, 3.05) is 13.6 Å². The van der Waals surface area contributed by atoms with Crippen LogP contribution in [0.25, 0.3) is 0 Å². The molecular weight excluding hydrogens is 218 g/mol. The van der Waals surface area contributed by atoms with Gasteiger partial charge in [0.05, 0.1) is 0 Å². The highest BCUT2D eigenvalue weighted by Gasteiger charge is 2.55. The molecule has 1 amide bonds. The van der Waals surface area contributed by atoms with Gasteiger partial charge >= 0.3 is 0 Å². The number of fused-ring (bicyclic) bond motifs is 1. The Labute approximate surface area is 102 Å². The van der Waals surface area contributed by atoms with Crippen LogP contribution in [0.5, 0.6) is 0 Å². The van der Waals surface area contributed by atoms with Crippen LogP contribution in [-0.4, -0.2) is 35.4 Å². The zero-order valence-corrected chi connectivity index (χ0v) is 10.3. The molecule has 0 aliphatic heterocycles. The third kappa shape index (κ3) is 2.53. The fourth-order valence-corrected chi connectivity index (χ4v) is 3.06. The smallest absolute Gasteiger partial charge is 0.226 e. The summed E-state index contributed by atoms with van der Waals surface area (Å²) in [6.45, 7) is 0.532. The third-order valence-corrected chi connectivity index (χ3v) is 4.15. The van der Waals surface area contributed by atoms with Crippen LogP contribution in [0, 0.1) is 17.8 Å². The molecule has 2 unspecified atom stereocenters. The number of rotatable bonds is 4. The van der Waals surface area contributed by atoms with Crippen LogP contribution in [-0.2, 0) is 4.79 Å². The van der Waals surface area contributed by atoms with Gasteiger partial charge in [0, 0.05) is 25.9 Å². The summed E-state index contributed by atoms with van der Waals surface area (Å²) in [5.74, 6) is 1.96. The molecule has 2 saturated carbocycles. The van der Waals surface area contributed by atoms with E-state index in [1.807, 2.05) is 0 Å². The molecule has 2 fully saturated rings. The SMILES string of the molecule is CN(CCC(N)=NO)C(=O)C1C2CCCCC21. The molecule has 3 N–H and O–H groups in total. The second kappa shape index (κ2) is 4.94. The van der Waals surface area contributed by atoms with Crippen LogP contribution >= 0.6 is 0 Å². The van der Waals surface area contributed by atoms with Gasteiger partial charge < -0.3 is 15.8 Å². The van der Waals surface area contributed by atoms with Crippen LogP contribution < -0.4 is 5.73 Å². The van der Waals surface area contributed by atoms with Crippen LogP contribution in [0.15, 0.2) is 5.16 Å². The van der Waals surface area contributed by atoms with Gasteiger partial charge in [0.2, 0.25) is 5.91 Å². The van der Waals surface area contributed by atoms with Crippen molar-refractivity contribution in [1.29, 1.82) is 0 Å². The Morgan fingerprint density at radius 1 is 1.41 bits per heavy atom. The van der Waals surface area contributed by atoms with Gasteiger partial charge in [-0.05, 0) is 24.7 Å². The number of amides is 1. The van der Waals surface area contributed by atoms with Crippen molar-refractivity contribution >= 4 is 11.7 Å². The van der Waals surface area contributed by atoms with Crippen molar-refractivity contribution in [3.05, 3.63) is 0 Å². The van der Waals surface area contributed by atoms with E-state index < -0.39 is 0 Å². The van der Waals surface area contributed by atoms with Gasteiger partial charge in [0.1, 0.15) is 5.84 Å². The molecule has 0 saturated heterocycles. The number of amidine groups is 1. The van der Waals surface area contributed by atoms with Gasteiger partial charge in [-0.25, -0.2) is 0 Å². The van der Waals surface area contributed by atoms with Crippen LogP contribution in [0.3, 0.4) is 0 Å². The van der Waals surface area contributed by atoms with E-state index in [4.69, 9.17) is 10.9 Å². The largest absolute Gasteiger partial charge is 0.409 e. The zero-order valence-electron chi connectivity index (χ0n) is 10.3. The first-order valence-electron chi connectivity index (χ1n) is 6.36. The molecule has 0 heterocycles. The van der Waals surface area contributed by atoms with Gasteiger partial charge in [-0.2, -0.15) is 0 Å². The Morgan fingerprint density at radius 3 is 2.53 bits per heavy atom. The van der Waals surface area contributed by atoms with E-state index >= 15 is 0 Å². The summed E-state index contributed by atoms with van der Waals surface area (Å²) >= 11 is 0. The predicted molar refractivity (Wildman–Crippen MR) is 64.6 cm³/mol. The molecule has 5 heteroatoms. The summed E-state index contributed by atoms with van der Waals surface area (Å²) in [5.41, 5.74) is 5.39. The summed E-state index contributed by atoms with van der Waals surface area (Å²) in [6.07, 6.45) is 5.42. The van der Waals surface area contributed by atoms with Crippen molar-refractivity contribution in [2.45, 2.75) is 32.1 Å². The van der Waals surface area contributed by atoms with Crippen molar-refractivity contribution in [3.63, 3.8) is 0 Å². The maximum Gasteiger partial charge on any atom is 0.226 e. The summed E-state index contributed by atoms with van der Waals surface area (Å²) in [6, 6.07) is 0. The quantitative estimate of drug-likeness (QED) is 0.333. The summed E-state index contributed by atoms with van der Waals surface area (Å²) in [4.78, 5) is 13.9. The highest BCUT2D eigenvalue weighted by molar-refractivity contribution is 5.84. The lowest BCUT2D eigenvalue weighted by atomic mass is 10.0. The van der Waals surface area contributed by atoms with Gasteiger partial charge in [0.15, 0.2) is 0 Å². The molecule has 0 bridgehead atoms. The number of nitrogens with zero attached hydrogens (tertiary/aromatic N) is 2. The van der Waals surface area contributed by atoms with E-state index in [1.54, 1.807) is 11.9 Å². The molecule has 0 aromatic heterocycles. The minimum Gasteiger partial charge on any atom is -0.409 e. The first kappa shape index (κ1) is 12.2. The molecule has 2 aliphatic carbocycles. The zero-order chi connectivity index (χ0) is 12.4. The first-order chi connectivity index (χ1) is 8.15. The number of hydrogen-bond acceptors (Lipinski definition) is 3. The fourth-order valence-electron chi connectivity index (χ4n) is 3.06. The lowest BCUT2D eigenvalue weighted by molar-refractivity contribution is -0.131. The number of carbonyl (C=O) groups excluding carboxylic acids is 1. The van der Waals surface area contributed by atoms with Gasteiger partial charge in [-0.1, -0.05) is 18.0 Å². The summed E-state index contributed by atoms with van der Waals surface area (Å²) in [7, 11) is 1.80. The molecule has 96 valence electrons. The fraction of sp³-hybridized carbons (Fsp3) is 0.833. The Bertz CT molecular complexity index is 318. The summed E-state index contributed by atoms with van der Waals surface area (Å²) in [5, 5.41) is 11.3. The standard InChI is InChI=1S/C12H21N3O2/c1-15(7-6-10(13)14-17)12(16)11-8-4-2-3-5-9(8)11/h8-9,11,17H,2-7H2,1H3,(H2,13,14). The van der Waals surface area contributed by atoms with E-state index in [-0.39, 0.29) is 17.7 Å². The maximum absolute atomic E-state index is 12.2. The highest BCUT2D eigenvalue weighted by atomic mass is 16.4. The van der Waals surface area contributed by atoms with E-state index in [0.717, 1.165) is 0 Å². The second-order valence-electron chi connectivity index (χ2n) is 5.24. The summed E-state index contributed by atoms with van der Waals surface area (Å²) < 4.78 is 0. The van der Waals surface area contributed by atoms with Crippen LogP contribution in [0.2, 0.25) is 0 Å². The molecule has 2 rings (SSSR count). The third-order valence-electron chi connectivity index (χ3n) is 4.15. The minimum atomic E-state index is 0.179. The van der Waals surface area contributed by atoms with E-state index in [1.165, 1.54) is 25.7 Å². The Morgan fingerprint density at radius 2 is 2.00 bits per heavy atom. The average molecular weight is 239 g/mol. The lowest BCUT2D eigenvalue weighted by Gasteiger charge is -2.16. The van der Waals surface area contributed by atoms with Crippen LogP contribution in [0.1, 0.15) is 32.1 Å². The monoisotopic (exact) mass is 239 g/mol. The number of oxime groups is 1. The van der Waals surface area contributed by atoms with Crippen molar-refractivity contribution < 1.29 is 10.0 Å². The Kier molecular flexibility index (Phi) is 3.54. The Balaban J connectivity index is 1.80. The predicted octanol–water partition coefficient (Wildman–Crippen LogP) is 1.02. The molecule has 2 aliphatic rings. The molecule has 0 radical (unpaired) electrons. The first-order valence-corrected chi connectivity index (χ1v) is 6.36. The maximum atomic E-state index is 12.2. The lowest BCUT2D eigenvalue weighted by Crippen LogP contribution is -2.32.